The van der Waals surface area contributed by atoms with Gasteiger partial charge >= 0.3 is 0 Å². The molecule has 0 bridgehead atoms. The standard InChI is InChI=1S/C23H31N3O3S/c1-4-26(5-2)30(28,29)20-12-13-22(25-14-6-7-15-25)21(16-20)23(27)24-17-19-10-8-18(3)9-11-19/h8-13,16H,4-7,14-15,17H2,1-3H3,(H,24,27). The quantitative estimate of drug-likeness (QED) is 0.697. The first-order chi connectivity index (χ1) is 14.4. The molecule has 1 aliphatic rings. The fraction of sp³-hybridized carbons (Fsp3) is 0.435. The van der Waals surface area contributed by atoms with Crippen molar-refractivity contribution in [2.45, 2.75) is 45.1 Å². The van der Waals surface area contributed by atoms with Crippen LogP contribution in [0.2, 0.25) is 0 Å². The molecule has 2 aromatic carbocycles. The molecular weight excluding hydrogens is 398 g/mol. The third-order valence-electron chi connectivity index (χ3n) is 5.58. The molecule has 1 fully saturated rings. The van der Waals surface area contributed by atoms with Crippen LogP contribution in [0, 0.1) is 6.92 Å². The summed E-state index contributed by atoms with van der Waals surface area (Å²) in [5.41, 5.74) is 3.38. The van der Waals surface area contributed by atoms with Gasteiger partial charge in [0.05, 0.1) is 10.5 Å². The maximum Gasteiger partial charge on any atom is 0.253 e. The van der Waals surface area contributed by atoms with Crippen LogP contribution in [0.1, 0.15) is 48.2 Å². The van der Waals surface area contributed by atoms with Gasteiger partial charge in [-0.05, 0) is 43.5 Å². The van der Waals surface area contributed by atoms with E-state index in [2.05, 4.69) is 10.2 Å². The zero-order chi connectivity index (χ0) is 21.7. The average Bonchev–Trinajstić information content (AvgIpc) is 3.28. The van der Waals surface area contributed by atoms with Gasteiger partial charge in [0, 0.05) is 38.4 Å². The number of benzene rings is 2. The van der Waals surface area contributed by atoms with E-state index in [1.54, 1.807) is 12.1 Å². The number of hydrogen-bond donors (Lipinski definition) is 1. The van der Waals surface area contributed by atoms with Crippen molar-refractivity contribution in [2.75, 3.05) is 31.1 Å². The van der Waals surface area contributed by atoms with E-state index >= 15 is 0 Å². The highest BCUT2D eigenvalue weighted by Gasteiger charge is 2.26. The van der Waals surface area contributed by atoms with Crippen LogP contribution in [0.3, 0.4) is 0 Å². The first-order valence-electron chi connectivity index (χ1n) is 10.6. The van der Waals surface area contributed by atoms with Crippen molar-refractivity contribution in [3.8, 4) is 0 Å². The minimum absolute atomic E-state index is 0.162. The Morgan fingerprint density at radius 1 is 1.03 bits per heavy atom. The number of nitrogens with one attached hydrogen (secondary N) is 1. The van der Waals surface area contributed by atoms with E-state index in [9.17, 15) is 13.2 Å². The Morgan fingerprint density at radius 3 is 2.27 bits per heavy atom. The summed E-state index contributed by atoms with van der Waals surface area (Å²) < 4.78 is 27.4. The third kappa shape index (κ3) is 4.84. The van der Waals surface area contributed by atoms with Gasteiger partial charge in [-0.3, -0.25) is 4.79 Å². The molecule has 0 unspecified atom stereocenters. The molecule has 0 spiro atoms. The number of nitrogens with zero attached hydrogens (tertiary/aromatic N) is 2. The lowest BCUT2D eigenvalue weighted by Crippen LogP contribution is -2.32. The largest absolute Gasteiger partial charge is 0.371 e. The minimum Gasteiger partial charge on any atom is -0.371 e. The van der Waals surface area contributed by atoms with Gasteiger partial charge in [-0.25, -0.2) is 8.42 Å². The minimum atomic E-state index is -3.63. The van der Waals surface area contributed by atoms with E-state index in [4.69, 9.17) is 0 Å². The van der Waals surface area contributed by atoms with E-state index < -0.39 is 10.0 Å². The molecule has 162 valence electrons. The molecule has 0 atom stereocenters. The molecule has 0 radical (unpaired) electrons. The van der Waals surface area contributed by atoms with Gasteiger partial charge in [0.25, 0.3) is 5.91 Å². The zero-order valence-electron chi connectivity index (χ0n) is 18.0. The normalized spacial score (nSPS) is 14.3. The molecule has 3 rings (SSSR count). The predicted octanol–water partition coefficient (Wildman–Crippen LogP) is 3.56. The van der Waals surface area contributed by atoms with Crippen LogP contribution in [-0.2, 0) is 16.6 Å². The lowest BCUT2D eigenvalue weighted by Gasteiger charge is -2.23. The lowest BCUT2D eigenvalue weighted by atomic mass is 10.1. The molecule has 6 nitrogen and oxygen atoms in total. The Labute approximate surface area is 179 Å². The molecule has 1 heterocycles. The van der Waals surface area contributed by atoms with Crippen LogP contribution >= 0.6 is 0 Å². The Bertz CT molecular complexity index is 977. The summed E-state index contributed by atoms with van der Waals surface area (Å²) in [6, 6.07) is 12.9. The van der Waals surface area contributed by atoms with Crippen molar-refractivity contribution < 1.29 is 13.2 Å². The molecule has 7 heteroatoms. The Hall–Kier alpha value is -2.38. The molecule has 0 aromatic heterocycles. The lowest BCUT2D eigenvalue weighted by molar-refractivity contribution is 0.0951. The van der Waals surface area contributed by atoms with Crippen molar-refractivity contribution >= 4 is 21.6 Å². The highest BCUT2D eigenvalue weighted by molar-refractivity contribution is 7.89. The van der Waals surface area contributed by atoms with Gasteiger partial charge < -0.3 is 10.2 Å². The fourth-order valence-electron chi connectivity index (χ4n) is 3.79. The molecular formula is C23H31N3O3S. The first-order valence-corrected chi connectivity index (χ1v) is 12.0. The second-order valence-corrected chi connectivity index (χ2v) is 9.57. The summed E-state index contributed by atoms with van der Waals surface area (Å²) in [5, 5.41) is 2.96. The van der Waals surface area contributed by atoms with E-state index in [0.29, 0.717) is 25.2 Å². The summed E-state index contributed by atoms with van der Waals surface area (Å²) >= 11 is 0. The first kappa shape index (κ1) is 22.3. The number of aryl methyl sites for hydroxylation is 1. The predicted molar refractivity (Wildman–Crippen MR) is 120 cm³/mol. The smallest absolute Gasteiger partial charge is 0.253 e. The molecule has 30 heavy (non-hydrogen) atoms. The van der Waals surface area contributed by atoms with E-state index in [-0.39, 0.29) is 10.8 Å². The van der Waals surface area contributed by atoms with Gasteiger partial charge in [0.15, 0.2) is 0 Å². The molecule has 1 N–H and O–H groups in total. The van der Waals surface area contributed by atoms with Crippen LogP contribution in [-0.4, -0.2) is 44.8 Å². The number of hydrogen-bond acceptors (Lipinski definition) is 4. The highest BCUT2D eigenvalue weighted by atomic mass is 32.2. The number of anilines is 1. The summed E-state index contributed by atoms with van der Waals surface area (Å²) in [5.74, 6) is -0.255. The van der Waals surface area contributed by atoms with Crippen LogP contribution in [0.5, 0.6) is 0 Å². The Morgan fingerprint density at radius 2 is 1.67 bits per heavy atom. The van der Waals surface area contributed by atoms with E-state index in [1.807, 2.05) is 45.0 Å². The summed E-state index contributed by atoms with van der Waals surface area (Å²) in [6.07, 6.45) is 2.15. The van der Waals surface area contributed by atoms with E-state index in [1.165, 1.54) is 10.4 Å². The third-order valence-corrected chi connectivity index (χ3v) is 7.62. The van der Waals surface area contributed by atoms with Gasteiger partial charge in [0.2, 0.25) is 10.0 Å². The number of carbonyl (C=O) groups is 1. The second-order valence-electron chi connectivity index (χ2n) is 7.63. The maximum atomic E-state index is 13.1. The summed E-state index contributed by atoms with van der Waals surface area (Å²) in [4.78, 5) is 15.4. The maximum absolute atomic E-state index is 13.1. The van der Waals surface area contributed by atoms with Crippen molar-refractivity contribution in [1.82, 2.24) is 9.62 Å². The monoisotopic (exact) mass is 429 g/mol. The summed E-state index contributed by atoms with van der Waals surface area (Å²) in [7, 11) is -3.63. The fourth-order valence-corrected chi connectivity index (χ4v) is 5.27. The van der Waals surface area contributed by atoms with Crippen LogP contribution in [0.25, 0.3) is 0 Å². The van der Waals surface area contributed by atoms with Crippen LogP contribution < -0.4 is 10.2 Å². The highest BCUT2D eigenvalue weighted by Crippen LogP contribution is 2.28. The summed E-state index contributed by atoms with van der Waals surface area (Å²) in [6.45, 7) is 8.58. The number of sulfonamides is 1. The topological polar surface area (TPSA) is 69.7 Å². The molecule has 1 aliphatic heterocycles. The molecule has 0 aliphatic carbocycles. The Kier molecular flexibility index (Phi) is 7.15. The molecule has 1 amide bonds. The van der Waals surface area contributed by atoms with Gasteiger partial charge in [-0.1, -0.05) is 43.7 Å². The SMILES string of the molecule is CCN(CC)S(=O)(=O)c1ccc(N2CCCC2)c(C(=O)NCc2ccc(C)cc2)c1. The van der Waals surface area contributed by atoms with Gasteiger partial charge in [-0.2, -0.15) is 4.31 Å². The number of carbonyl (C=O) groups excluding carboxylic acids is 1. The Balaban J connectivity index is 1.92. The van der Waals surface area contributed by atoms with Crippen molar-refractivity contribution in [3.05, 3.63) is 59.2 Å². The van der Waals surface area contributed by atoms with Crippen molar-refractivity contribution in [1.29, 1.82) is 0 Å². The van der Waals surface area contributed by atoms with Gasteiger partial charge in [-0.15, -0.1) is 0 Å². The number of rotatable bonds is 8. The van der Waals surface area contributed by atoms with E-state index in [0.717, 1.165) is 42.7 Å². The molecule has 0 saturated carbocycles. The number of amides is 1. The van der Waals surface area contributed by atoms with Crippen LogP contribution in [0.4, 0.5) is 5.69 Å². The van der Waals surface area contributed by atoms with Crippen LogP contribution in [0.15, 0.2) is 47.4 Å². The molecule has 1 saturated heterocycles. The van der Waals surface area contributed by atoms with Crippen molar-refractivity contribution in [2.24, 2.45) is 0 Å². The average molecular weight is 430 g/mol. The zero-order valence-corrected chi connectivity index (χ0v) is 18.8. The second kappa shape index (κ2) is 9.62. The van der Waals surface area contributed by atoms with Gasteiger partial charge in [0.1, 0.15) is 0 Å². The molecule has 2 aromatic rings. The van der Waals surface area contributed by atoms with Crippen molar-refractivity contribution in [3.63, 3.8) is 0 Å².